The van der Waals surface area contributed by atoms with Gasteiger partial charge in [-0.25, -0.2) is 4.98 Å². The van der Waals surface area contributed by atoms with Crippen molar-refractivity contribution in [2.24, 2.45) is 0 Å². The van der Waals surface area contributed by atoms with E-state index in [-0.39, 0.29) is 18.4 Å². The minimum atomic E-state index is -0.346. The Morgan fingerprint density at radius 2 is 1.93 bits per heavy atom. The van der Waals surface area contributed by atoms with E-state index in [0.29, 0.717) is 22.9 Å². The maximum Gasteiger partial charge on any atom is 0.251 e. The van der Waals surface area contributed by atoms with Crippen molar-refractivity contribution < 1.29 is 14.3 Å². The number of aromatic nitrogens is 1. The van der Waals surface area contributed by atoms with Crippen LogP contribution in [0, 0.1) is 6.92 Å². The van der Waals surface area contributed by atoms with Crippen LogP contribution in [0.15, 0.2) is 48.7 Å². The maximum atomic E-state index is 12.1. The van der Waals surface area contributed by atoms with Crippen LogP contribution in [0.25, 0.3) is 0 Å². The predicted molar refractivity (Wildman–Crippen MR) is 115 cm³/mol. The molecule has 8 heteroatoms. The molecule has 0 aliphatic rings. The third kappa shape index (κ3) is 5.56. The highest BCUT2D eigenvalue weighted by molar-refractivity contribution is 7.15. The number of methoxy groups -OCH3 is 1. The lowest BCUT2D eigenvalue weighted by molar-refractivity contribution is -0.115. The Bertz CT molecular complexity index is 1020. The number of carbonyl (C=O) groups is 2. The summed E-state index contributed by atoms with van der Waals surface area (Å²) in [6.07, 6.45) is 2.36. The van der Waals surface area contributed by atoms with Crippen LogP contribution < -0.4 is 15.4 Å². The highest BCUT2D eigenvalue weighted by Gasteiger charge is 2.11. The fraction of sp³-hybridized carbons (Fsp3) is 0.190. The normalized spacial score (nSPS) is 10.4. The fourth-order valence-electron chi connectivity index (χ4n) is 2.65. The van der Waals surface area contributed by atoms with E-state index in [1.807, 2.05) is 25.1 Å². The van der Waals surface area contributed by atoms with Gasteiger partial charge in [0, 0.05) is 28.1 Å². The zero-order chi connectivity index (χ0) is 20.8. The SMILES string of the molecule is COc1ccc(C(=O)NCC(=O)Nc2ncc(Cc3cccc(C)c3Cl)s2)cc1. The van der Waals surface area contributed by atoms with Gasteiger partial charge < -0.3 is 15.4 Å². The second-order valence-corrected chi connectivity index (χ2v) is 7.81. The lowest BCUT2D eigenvalue weighted by atomic mass is 10.1. The number of aryl methyl sites for hydroxylation is 1. The summed E-state index contributed by atoms with van der Waals surface area (Å²) in [7, 11) is 1.55. The molecular weight excluding hydrogens is 410 g/mol. The van der Waals surface area contributed by atoms with Gasteiger partial charge in [-0.3, -0.25) is 9.59 Å². The first-order valence-corrected chi connectivity index (χ1v) is 10.1. The van der Waals surface area contributed by atoms with Crippen LogP contribution in [-0.2, 0) is 11.2 Å². The molecule has 0 spiro atoms. The number of rotatable bonds is 7. The molecule has 0 unspecified atom stereocenters. The molecule has 0 saturated heterocycles. The number of thiazole rings is 1. The van der Waals surface area contributed by atoms with Crippen LogP contribution in [0.2, 0.25) is 5.02 Å². The number of ether oxygens (including phenoxy) is 1. The second-order valence-electron chi connectivity index (χ2n) is 6.32. The molecule has 1 aromatic heterocycles. The Balaban J connectivity index is 1.52. The minimum Gasteiger partial charge on any atom is -0.497 e. The smallest absolute Gasteiger partial charge is 0.251 e. The summed E-state index contributed by atoms with van der Waals surface area (Å²) >= 11 is 7.72. The standard InChI is InChI=1S/C21H20ClN3O3S/c1-13-4-3-5-15(19(13)22)10-17-11-24-21(29-17)25-18(26)12-23-20(27)14-6-8-16(28-2)9-7-14/h3-9,11H,10,12H2,1-2H3,(H,23,27)(H,24,25,26). The molecule has 6 nitrogen and oxygen atoms in total. The summed E-state index contributed by atoms with van der Waals surface area (Å²) < 4.78 is 5.06. The third-order valence-electron chi connectivity index (χ3n) is 4.20. The average molecular weight is 430 g/mol. The van der Waals surface area contributed by atoms with Gasteiger partial charge >= 0.3 is 0 Å². The molecule has 0 radical (unpaired) electrons. The molecule has 0 aliphatic carbocycles. The van der Waals surface area contributed by atoms with Crippen molar-refractivity contribution in [1.82, 2.24) is 10.3 Å². The average Bonchev–Trinajstić information content (AvgIpc) is 3.16. The van der Waals surface area contributed by atoms with Crippen molar-refractivity contribution in [3.05, 3.63) is 75.3 Å². The first-order valence-electron chi connectivity index (χ1n) is 8.87. The summed E-state index contributed by atoms with van der Waals surface area (Å²) in [6, 6.07) is 12.5. The molecule has 3 rings (SSSR count). The highest BCUT2D eigenvalue weighted by Crippen LogP contribution is 2.26. The van der Waals surface area contributed by atoms with Gasteiger partial charge in [0.05, 0.1) is 13.7 Å². The van der Waals surface area contributed by atoms with Gasteiger partial charge in [0.15, 0.2) is 5.13 Å². The molecule has 1 heterocycles. The Labute approximate surface area is 177 Å². The van der Waals surface area contributed by atoms with Crippen LogP contribution >= 0.6 is 22.9 Å². The fourth-order valence-corrected chi connectivity index (χ4v) is 3.69. The molecule has 150 valence electrons. The third-order valence-corrected chi connectivity index (χ3v) is 5.65. The van der Waals surface area contributed by atoms with E-state index in [0.717, 1.165) is 21.0 Å². The zero-order valence-corrected chi connectivity index (χ0v) is 17.6. The molecule has 0 aliphatic heterocycles. The first-order chi connectivity index (χ1) is 14.0. The van der Waals surface area contributed by atoms with Crippen molar-refractivity contribution in [2.75, 3.05) is 19.0 Å². The lowest BCUT2D eigenvalue weighted by Crippen LogP contribution is -2.32. The van der Waals surface area contributed by atoms with E-state index in [1.54, 1.807) is 37.6 Å². The van der Waals surface area contributed by atoms with Gasteiger partial charge in [0.25, 0.3) is 5.91 Å². The monoisotopic (exact) mass is 429 g/mol. The van der Waals surface area contributed by atoms with Crippen LogP contribution in [0.1, 0.15) is 26.4 Å². The molecule has 29 heavy (non-hydrogen) atoms. The summed E-state index contributed by atoms with van der Waals surface area (Å²) in [5.41, 5.74) is 2.49. The van der Waals surface area contributed by atoms with Gasteiger partial charge in [0.1, 0.15) is 5.75 Å². The Hall–Kier alpha value is -2.90. The summed E-state index contributed by atoms with van der Waals surface area (Å²) in [5.74, 6) is -0.0242. The van der Waals surface area contributed by atoms with Gasteiger partial charge in [-0.15, -0.1) is 11.3 Å². The Morgan fingerprint density at radius 3 is 2.66 bits per heavy atom. The van der Waals surface area contributed by atoms with Gasteiger partial charge in [-0.2, -0.15) is 0 Å². The Kier molecular flexibility index (Phi) is 6.85. The predicted octanol–water partition coefficient (Wildman–Crippen LogP) is 4.07. The number of anilines is 1. The van der Waals surface area contributed by atoms with Crippen molar-refractivity contribution in [3.63, 3.8) is 0 Å². The largest absolute Gasteiger partial charge is 0.497 e. The van der Waals surface area contributed by atoms with Crippen molar-refractivity contribution in [3.8, 4) is 5.75 Å². The van der Waals surface area contributed by atoms with Crippen LogP contribution in [0.5, 0.6) is 5.75 Å². The number of hydrogen-bond acceptors (Lipinski definition) is 5. The van der Waals surface area contributed by atoms with Crippen LogP contribution in [0.4, 0.5) is 5.13 Å². The molecular formula is C21H20ClN3O3S. The van der Waals surface area contributed by atoms with Crippen molar-refractivity contribution >= 4 is 39.9 Å². The van der Waals surface area contributed by atoms with E-state index >= 15 is 0 Å². The number of nitrogens with one attached hydrogen (secondary N) is 2. The van der Waals surface area contributed by atoms with Crippen molar-refractivity contribution in [2.45, 2.75) is 13.3 Å². The number of benzene rings is 2. The molecule has 0 saturated carbocycles. The molecule has 0 atom stereocenters. The second kappa shape index (κ2) is 9.54. The van der Waals surface area contributed by atoms with Gasteiger partial charge in [-0.05, 0) is 42.3 Å². The summed E-state index contributed by atoms with van der Waals surface area (Å²) in [6.45, 7) is 1.81. The Morgan fingerprint density at radius 1 is 1.17 bits per heavy atom. The lowest BCUT2D eigenvalue weighted by Gasteiger charge is -2.06. The maximum absolute atomic E-state index is 12.1. The molecule has 3 aromatic rings. The number of nitrogens with zero attached hydrogens (tertiary/aromatic N) is 1. The van der Waals surface area contributed by atoms with E-state index in [1.165, 1.54) is 11.3 Å². The molecule has 2 N–H and O–H groups in total. The zero-order valence-electron chi connectivity index (χ0n) is 16.0. The van der Waals surface area contributed by atoms with E-state index in [4.69, 9.17) is 16.3 Å². The minimum absolute atomic E-state index is 0.149. The number of halogens is 1. The summed E-state index contributed by atoms with van der Waals surface area (Å²) in [5, 5.41) is 6.51. The first kappa shape index (κ1) is 20.8. The topological polar surface area (TPSA) is 80.3 Å². The van der Waals surface area contributed by atoms with E-state index < -0.39 is 0 Å². The van der Waals surface area contributed by atoms with E-state index in [2.05, 4.69) is 15.6 Å². The molecule has 2 amide bonds. The quantitative estimate of drug-likeness (QED) is 0.593. The highest BCUT2D eigenvalue weighted by atomic mass is 35.5. The molecule has 0 fully saturated rings. The van der Waals surface area contributed by atoms with Crippen LogP contribution in [-0.4, -0.2) is 30.5 Å². The van der Waals surface area contributed by atoms with E-state index in [9.17, 15) is 9.59 Å². The molecule has 0 bridgehead atoms. The van der Waals surface area contributed by atoms with Gasteiger partial charge in [-0.1, -0.05) is 29.8 Å². The van der Waals surface area contributed by atoms with Gasteiger partial charge in [0.2, 0.25) is 5.91 Å². The molecule has 2 aromatic carbocycles. The summed E-state index contributed by atoms with van der Waals surface area (Å²) in [4.78, 5) is 29.4. The number of amides is 2. The van der Waals surface area contributed by atoms with Crippen LogP contribution in [0.3, 0.4) is 0 Å². The number of hydrogen-bond donors (Lipinski definition) is 2. The number of carbonyl (C=O) groups excluding carboxylic acids is 2. The van der Waals surface area contributed by atoms with Crippen molar-refractivity contribution in [1.29, 1.82) is 0 Å².